The molecule has 0 aliphatic rings. The Hall–Kier alpha value is -4.34. The first-order valence-electron chi connectivity index (χ1n) is 11.9. The summed E-state index contributed by atoms with van der Waals surface area (Å²) in [5, 5.41) is 3.92. The van der Waals surface area contributed by atoms with Crippen LogP contribution < -0.4 is 0 Å². The smallest absolute Gasteiger partial charge is 0.0793 e. The maximum absolute atomic E-state index is 3.75. The molecule has 0 radical (unpaired) electrons. The predicted octanol–water partition coefficient (Wildman–Crippen LogP) is 9.28. The molecule has 0 spiro atoms. The second-order valence-corrected chi connectivity index (χ2v) is 10.1. The van der Waals surface area contributed by atoms with E-state index >= 15 is 0 Å². The van der Waals surface area contributed by atoms with Crippen molar-refractivity contribution >= 4 is 59.0 Å². The van der Waals surface area contributed by atoms with Gasteiger partial charge in [0, 0.05) is 42.8 Å². The Morgan fingerprint density at radius 1 is 0.629 bits per heavy atom. The lowest BCUT2D eigenvalue weighted by atomic mass is 10.0. The number of hydrogen-bond acceptors (Lipinski definition) is 1. The predicted molar refractivity (Wildman–Crippen MR) is 151 cm³/mol. The molecule has 8 aromatic rings. The molecule has 35 heavy (non-hydrogen) atoms. The van der Waals surface area contributed by atoms with E-state index in [1.54, 1.807) is 0 Å². The minimum absolute atomic E-state index is 1.16. The van der Waals surface area contributed by atoms with Crippen LogP contribution in [-0.4, -0.2) is 9.38 Å². The van der Waals surface area contributed by atoms with Crippen LogP contribution in [0.15, 0.2) is 115 Å². The molecule has 1 N–H and O–H groups in total. The van der Waals surface area contributed by atoms with Crippen LogP contribution in [0.2, 0.25) is 0 Å². The summed E-state index contributed by atoms with van der Waals surface area (Å²) in [7, 11) is 0. The number of aromatic nitrogens is 2. The topological polar surface area (TPSA) is 20.2 Å². The quantitative estimate of drug-likeness (QED) is 0.263. The first-order chi connectivity index (χ1) is 17.4. The summed E-state index contributed by atoms with van der Waals surface area (Å²) in [6, 6.07) is 39.4. The molecule has 0 saturated carbocycles. The van der Waals surface area contributed by atoms with Crippen molar-refractivity contribution in [2.45, 2.75) is 0 Å². The highest BCUT2D eigenvalue weighted by Crippen LogP contribution is 2.43. The molecule has 0 aliphatic carbocycles. The van der Waals surface area contributed by atoms with Crippen LogP contribution in [0.25, 0.3) is 69.9 Å². The van der Waals surface area contributed by atoms with Gasteiger partial charge in [0.1, 0.15) is 0 Å². The number of aromatic amines is 1. The highest BCUT2D eigenvalue weighted by Gasteiger charge is 2.19. The third-order valence-electron chi connectivity index (χ3n) is 7.16. The molecule has 0 fully saturated rings. The zero-order valence-corrected chi connectivity index (χ0v) is 19.6. The van der Waals surface area contributed by atoms with Crippen molar-refractivity contribution in [3.05, 3.63) is 115 Å². The summed E-state index contributed by atoms with van der Waals surface area (Å²) >= 11 is 1.89. The van der Waals surface area contributed by atoms with Gasteiger partial charge in [0.15, 0.2) is 0 Å². The van der Waals surface area contributed by atoms with Crippen molar-refractivity contribution < 1.29 is 0 Å². The zero-order chi connectivity index (χ0) is 22.9. The van der Waals surface area contributed by atoms with Crippen molar-refractivity contribution in [3.63, 3.8) is 0 Å². The summed E-state index contributed by atoms with van der Waals surface area (Å²) < 4.78 is 5.02. The zero-order valence-electron chi connectivity index (χ0n) is 18.8. The van der Waals surface area contributed by atoms with Crippen molar-refractivity contribution in [1.82, 2.24) is 9.38 Å². The van der Waals surface area contributed by atoms with E-state index in [4.69, 9.17) is 0 Å². The second-order valence-electron chi connectivity index (χ2n) is 9.09. The Kier molecular flexibility index (Phi) is 3.85. The molecule has 4 aromatic carbocycles. The van der Waals surface area contributed by atoms with Crippen molar-refractivity contribution in [2.24, 2.45) is 0 Å². The van der Waals surface area contributed by atoms with Crippen molar-refractivity contribution in [3.8, 4) is 22.3 Å². The molecular weight excluding hydrogens is 444 g/mol. The lowest BCUT2D eigenvalue weighted by molar-refractivity contribution is 1.26. The molecule has 0 atom stereocenters. The minimum atomic E-state index is 1.16. The van der Waals surface area contributed by atoms with Gasteiger partial charge in [0.25, 0.3) is 0 Å². The van der Waals surface area contributed by atoms with E-state index in [1.807, 2.05) is 11.3 Å². The number of hydrogen-bond donors (Lipinski definition) is 1. The summed E-state index contributed by atoms with van der Waals surface area (Å²) in [6.45, 7) is 0. The summed E-state index contributed by atoms with van der Waals surface area (Å²) in [5.41, 5.74) is 9.84. The van der Waals surface area contributed by atoms with Gasteiger partial charge < -0.3 is 9.38 Å². The normalized spacial score (nSPS) is 12.0. The van der Waals surface area contributed by atoms with E-state index in [1.165, 1.54) is 64.4 Å². The van der Waals surface area contributed by atoms with Gasteiger partial charge in [-0.3, -0.25) is 0 Å². The third-order valence-corrected chi connectivity index (χ3v) is 8.38. The number of rotatable bonds is 2. The Labute approximate surface area is 205 Å². The number of nitrogens with one attached hydrogen (secondary N) is 1. The number of pyridine rings is 1. The number of thiophene rings is 1. The van der Waals surface area contributed by atoms with E-state index in [0.29, 0.717) is 0 Å². The average Bonchev–Trinajstić information content (AvgIpc) is 3.57. The van der Waals surface area contributed by atoms with E-state index in [-0.39, 0.29) is 0 Å². The molecule has 3 heteroatoms. The van der Waals surface area contributed by atoms with E-state index < -0.39 is 0 Å². The summed E-state index contributed by atoms with van der Waals surface area (Å²) in [4.78, 5) is 3.75. The first kappa shape index (κ1) is 19.0. The van der Waals surface area contributed by atoms with Gasteiger partial charge in [0.05, 0.1) is 16.6 Å². The van der Waals surface area contributed by atoms with Gasteiger partial charge in [-0.2, -0.15) is 0 Å². The molecule has 8 rings (SSSR count). The third kappa shape index (κ3) is 2.64. The van der Waals surface area contributed by atoms with Gasteiger partial charge in [-0.25, -0.2) is 0 Å². The van der Waals surface area contributed by atoms with E-state index in [0.717, 1.165) is 5.52 Å². The summed E-state index contributed by atoms with van der Waals surface area (Å²) in [6.07, 6.45) is 2.18. The fraction of sp³-hybridized carbons (Fsp3) is 0. The fourth-order valence-electron chi connectivity index (χ4n) is 5.62. The molecule has 0 amide bonds. The Bertz CT molecular complexity index is 2050. The number of fused-ring (bicyclic) bond motifs is 8. The van der Waals surface area contributed by atoms with E-state index in [2.05, 4.69) is 125 Å². The van der Waals surface area contributed by atoms with Crippen LogP contribution in [0.1, 0.15) is 0 Å². The fourth-order valence-corrected chi connectivity index (χ4v) is 6.86. The minimum Gasteiger partial charge on any atom is -0.353 e. The van der Waals surface area contributed by atoms with Crippen molar-refractivity contribution in [2.75, 3.05) is 0 Å². The van der Waals surface area contributed by atoms with Gasteiger partial charge in [-0.1, -0.05) is 78.9 Å². The Morgan fingerprint density at radius 3 is 2.40 bits per heavy atom. The van der Waals surface area contributed by atoms with Crippen LogP contribution in [0.5, 0.6) is 0 Å². The highest BCUT2D eigenvalue weighted by atomic mass is 32.1. The van der Waals surface area contributed by atoms with E-state index in [9.17, 15) is 0 Å². The highest BCUT2D eigenvalue weighted by molar-refractivity contribution is 7.26. The van der Waals surface area contributed by atoms with Gasteiger partial charge >= 0.3 is 0 Å². The monoisotopic (exact) mass is 464 g/mol. The van der Waals surface area contributed by atoms with Crippen LogP contribution in [0.3, 0.4) is 0 Å². The number of nitrogens with zero attached hydrogens (tertiary/aromatic N) is 1. The van der Waals surface area contributed by atoms with Crippen LogP contribution in [0, 0.1) is 0 Å². The molecule has 0 bridgehead atoms. The Morgan fingerprint density at radius 2 is 1.46 bits per heavy atom. The summed E-state index contributed by atoms with van der Waals surface area (Å²) in [5.74, 6) is 0. The maximum Gasteiger partial charge on any atom is 0.0793 e. The molecule has 0 unspecified atom stereocenters. The Balaban J connectivity index is 1.45. The average molecular weight is 465 g/mol. The largest absolute Gasteiger partial charge is 0.353 e. The lowest BCUT2D eigenvalue weighted by Crippen LogP contribution is -1.84. The van der Waals surface area contributed by atoms with Gasteiger partial charge in [0.2, 0.25) is 0 Å². The van der Waals surface area contributed by atoms with Crippen LogP contribution >= 0.6 is 11.3 Å². The number of benzene rings is 4. The SMILES string of the molecule is c1ccc(-c2c3[nH]c4ccc(-c5cccc6c5sc5ccccc56)cc4c3n3ccccc23)cc1. The maximum atomic E-state index is 3.75. The lowest BCUT2D eigenvalue weighted by Gasteiger charge is -2.05. The second kappa shape index (κ2) is 7.08. The molecule has 4 aromatic heterocycles. The first-order valence-corrected chi connectivity index (χ1v) is 12.7. The standard InChI is InChI=1S/C32H20N2S/c1-2-9-20(10-3-1)29-27-14-6-7-18-34(27)31-25-19-21(16-17-26(25)33-30(29)31)22-12-8-13-24-23-11-4-5-15-28(23)35-32(22)24/h1-19,33H. The molecule has 0 saturated heterocycles. The molecule has 2 nitrogen and oxygen atoms in total. The number of H-pyrrole nitrogens is 1. The van der Waals surface area contributed by atoms with Crippen LogP contribution in [0.4, 0.5) is 0 Å². The molecule has 4 heterocycles. The van der Waals surface area contributed by atoms with Gasteiger partial charge in [-0.05, 0) is 47.0 Å². The molecule has 164 valence electrons. The van der Waals surface area contributed by atoms with Crippen molar-refractivity contribution in [1.29, 1.82) is 0 Å². The molecule has 0 aliphatic heterocycles. The van der Waals surface area contributed by atoms with Crippen LogP contribution in [-0.2, 0) is 0 Å². The molecular formula is C32H20N2S. The van der Waals surface area contributed by atoms with Gasteiger partial charge in [-0.15, -0.1) is 11.3 Å².